The maximum atomic E-state index is 12.2. The molecule has 0 radical (unpaired) electrons. The third-order valence-corrected chi connectivity index (χ3v) is 3.39. The summed E-state index contributed by atoms with van der Waals surface area (Å²) in [4.78, 5) is 23.3. The Hall–Kier alpha value is -2.82. The molecule has 24 heavy (non-hydrogen) atoms. The standard InChI is InChI=1S/C19H21NO4/c1-12(2)24-16-6-4-5-14(9-16)10-18(21)20-15-8-7-13(3)17(11-15)19(22)23/h4-9,11-12H,10H2,1-3H3,(H,20,21)(H,22,23). The number of carbonyl (C=O) groups is 2. The van der Waals surface area contributed by atoms with Gasteiger partial charge in [0.05, 0.1) is 18.1 Å². The van der Waals surface area contributed by atoms with Gasteiger partial charge in [-0.3, -0.25) is 4.79 Å². The SMILES string of the molecule is Cc1ccc(NC(=O)Cc2cccc(OC(C)C)c2)cc1C(=O)O. The predicted octanol–water partition coefficient (Wildman–Crippen LogP) is 3.66. The fraction of sp³-hybridized carbons (Fsp3) is 0.263. The van der Waals surface area contributed by atoms with E-state index < -0.39 is 5.97 Å². The van der Waals surface area contributed by atoms with Crippen LogP contribution in [0.3, 0.4) is 0 Å². The van der Waals surface area contributed by atoms with Crippen molar-refractivity contribution in [1.82, 2.24) is 0 Å². The largest absolute Gasteiger partial charge is 0.491 e. The second-order valence-corrected chi connectivity index (χ2v) is 5.87. The van der Waals surface area contributed by atoms with Gasteiger partial charge in [-0.1, -0.05) is 18.2 Å². The first-order chi connectivity index (χ1) is 11.3. The Morgan fingerprint density at radius 2 is 1.92 bits per heavy atom. The number of ether oxygens (including phenoxy) is 1. The lowest BCUT2D eigenvalue weighted by molar-refractivity contribution is -0.115. The van der Waals surface area contributed by atoms with Gasteiger partial charge in [0.1, 0.15) is 5.75 Å². The normalized spacial score (nSPS) is 10.5. The van der Waals surface area contributed by atoms with E-state index in [2.05, 4.69) is 5.32 Å². The molecule has 0 bridgehead atoms. The van der Waals surface area contributed by atoms with Gasteiger partial charge in [-0.05, 0) is 56.2 Å². The van der Waals surface area contributed by atoms with E-state index in [1.165, 1.54) is 6.07 Å². The molecule has 0 saturated heterocycles. The summed E-state index contributed by atoms with van der Waals surface area (Å²) in [6, 6.07) is 12.2. The number of hydrogen-bond donors (Lipinski definition) is 2. The predicted molar refractivity (Wildman–Crippen MR) is 92.7 cm³/mol. The van der Waals surface area contributed by atoms with E-state index in [-0.39, 0.29) is 24.0 Å². The van der Waals surface area contributed by atoms with Gasteiger partial charge in [0, 0.05) is 5.69 Å². The first-order valence-electron chi connectivity index (χ1n) is 7.74. The van der Waals surface area contributed by atoms with Crippen LogP contribution in [0.15, 0.2) is 42.5 Å². The summed E-state index contributed by atoms with van der Waals surface area (Å²) in [5, 5.41) is 11.9. The third kappa shape index (κ3) is 4.84. The van der Waals surface area contributed by atoms with Crippen LogP contribution in [0.25, 0.3) is 0 Å². The summed E-state index contributed by atoms with van der Waals surface area (Å²) in [5.74, 6) is -0.502. The van der Waals surface area contributed by atoms with E-state index in [1.807, 2.05) is 38.1 Å². The van der Waals surface area contributed by atoms with Crippen LogP contribution in [0, 0.1) is 6.92 Å². The van der Waals surface area contributed by atoms with Gasteiger partial charge >= 0.3 is 5.97 Å². The van der Waals surface area contributed by atoms with Crippen LogP contribution in [0.5, 0.6) is 5.75 Å². The van der Waals surface area contributed by atoms with Crippen molar-refractivity contribution in [2.75, 3.05) is 5.32 Å². The molecule has 2 rings (SSSR count). The molecule has 5 heteroatoms. The molecule has 0 atom stereocenters. The summed E-state index contributed by atoms with van der Waals surface area (Å²) in [5.41, 5.74) is 2.13. The van der Waals surface area contributed by atoms with Crippen molar-refractivity contribution in [3.8, 4) is 5.75 Å². The number of aromatic carboxylic acids is 1. The Bertz CT molecular complexity index is 753. The zero-order valence-electron chi connectivity index (χ0n) is 14.0. The number of anilines is 1. The molecule has 0 fully saturated rings. The average molecular weight is 327 g/mol. The first-order valence-corrected chi connectivity index (χ1v) is 7.74. The van der Waals surface area contributed by atoms with Crippen LogP contribution in [0.2, 0.25) is 0 Å². The van der Waals surface area contributed by atoms with Crippen molar-refractivity contribution < 1.29 is 19.4 Å². The van der Waals surface area contributed by atoms with Crippen LogP contribution in [-0.2, 0) is 11.2 Å². The number of amides is 1. The van der Waals surface area contributed by atoms with Gasteiger partial charge < -0.3 is 15.2 Å². The van der Waals surface area contributed by atoms with Crippen molar-refractivity contribution in [2.45, 2.75) is 33.3 Å². The zero-order valence-corrected chi connectivity index (χ0v) is 14.0. The molecule has 2 aromatic carbocycles. The van der Waals surface area contributed by atoms with E-state index in [4.69, 9.17) is 9.84 Å². The molecule has 0 unspecified atom stereocenters. The molecule has 0 aliphatic rings. The summed E-state index contributed by atoms with van der Waals surface area (Å²) < 4.78 is 5.61. The van der Waals surface area contributed by atoms with Crippen molar-refractivity contribution in [3.63, 3.8) is 0 Å². The van der Waals surface area contributed by atoms with Crippen LogP contribution in [-0.4, -0.2) is 23.1 Å². The fourth-order valence-electron chi connectivity index (χ4n) is 2.32. The lowest BCUT2D eigenvalue weighted by Crippen LogP contribution is -2.15. The molecule has 126 valence electrons. The highest BCUT2D eigenvalue weighted by Gasteiger charge is 2.10. The fourth-order valence-corrected chi connectivity index (χ4v) is 2.32. The Labute approximate surface area is 141 Å². The Balaban J connectivity index is 2.06. The number of aryl methyl sites for hydroxylation is 1. The lowest BCUT2D eigenvalue weighted by Gasteiger charge is -2.11. The topological polar surface area (TPSA) is 75.6 Å². The highest BCUT2D eigenvalue weighted by atomic mass is 16.5. The van der Waals surface area contributed by atoms with Crippen molar-refractivity contribution >= 4 is 17.6 Å². The van der Waals surface area contributed by atoms with E-state index >= 15 is 0 Å². The van der Waals surface area contributed by atoms with Gasteiger partial charge in [-0.2, -0.15) is 0 Å². The number of hydrogen-bond acceptors (Lipinski definition) is 3. The molecule has 0 spiro atoms. The third-order valence-electron chi connectivity index (χ3n) is 3.39. The second kappa shape index (κ2) is 7.64. The first kappa shape index (κ1) is 17.5. The minimum Gasteiger partial charge on any atom is -0.491 e. The summed E-state index contributed by atoms with van der Waals surface area (Å²) in [7, 11) is 0. The van der Waals surface area contributed by atoms with Crippen LogP contribution < -0.4 is 10.1 Å². The molecule has 0 aromatic heterocycles. The molecule has 2 aromatic rings. The lowest BCUT2D eigenvalue weighted by atomic mass is 10.1. The van der Waals surface area contributed by atoms with Gasteiger partial charge in [-0.25, -0.2) is 4.79 Å². The number of rotatable bonds is 6. The van der Waals surface area contributed by atoms with Crippen molar-refractivity contribution in [3.05, 3.63) is 59.2 Å². The van der Waals surface area contributed by atoms with E-state index in [1.54, 1.807) is 19.1 Å². The van der Waals surface area contributed by atoms with Gasteiger partial charge in [-0.15, -0.1) is 0 Å². The van der Waals surface area contributed by atoms with Gasteiger partial charge in [0.15, 0.2) is 0 Å². The highest BCUT2D eigenvalue weighted by Crippen LogP contribution is 2.18. The van der Waals surface area contributed by atoms with Crippen LogP contribution in [0.4, 0.5) is 5.69 Å². The van der Waals surface area contributed by atoms with E-state index in [9.17, 15) is 9.59 Å². The second-order valence-electron chi connectivity index (χ2n) is 5.87. The average Bonchev–Trinajstić information content (AvgIpc) is 2.48. The monoisotopic (exact) mass is 327 g/mol. The quantitative estimate of drug-likeness (QED) is 0.849. The molecule has 0 heterocycles. The van der Waals surface area contributed by atoms with Gasteiger partial charge in [0.25, 0.3) is 0 Å². The highest BCUT2D eigenvalue weighted by molar-refractivity contribution is 5.95. The Kier molecular flexibility index (Phi) is 5.58. The summed E-state index contributed by atoms with van der Waals surface area (Å²) in [6.07, 6.45) is 0.252. The molecule has 0 saturated carbocycles. The number of benzene rings is 2. The van der Waals surface area contributed by atoms with Crippen LogP contribution in [0.1, 0.15) is 35.3 Å². The molecular weight excluding hydrogens is 306 g/mol. The minimum atomic E-state index is -1.01. The molecular formula is C19H21NO4. The number of carbonyl (C=O) groups excluding carboxylic acids is 1. The number of carboxylic acids is 1. The van der Waals surface area contributed by atoms with Crippen molar-refractivity contribution in [2.24, 2.45) is 0 Å². The number of nitrogens with one attached hydrogen (secondary N) is 1. The van der Waals surface area contributed by atoms with Gasteiger partial charge in [0.2, 0.25) is 5.91 Å². The Morgan fingerprint density at radius 1 is 1.17 bits per heavy atom. The zero-order chi connectivity index (χ0) is 17.7. The van der Waals surface area contributed by atoms with E-state index in [0.717, 1.165) is 11.3 Å². The molecule has 1 amide bonds. The molecule has 0 aliphatic carbocycles. The van der Waals surface area contributed by atoms with Crippen molar-refractivity contribution in [1.29, 1.82) is 0 Å². The van der Waals surface area contributed by atoms with E-state index in [0.29, 0.717) is 11.3 Å². The Morgan fingerprint density at radius 3 is 2.58 bits per heavy atom. The summed E-state index contributed by atoms with van der Waals surface area (Å²) in [6.45, 7) is 5.60. The molecule has 2 N–H and O–H groups in total. The number of carboxylic acid groups (broad SMARTS) is 1. The van der Waals surface area contributed by atoms with Crippen LogP contribution >= 0.6 is 0 Å². The smallest absolute Gasteiger partial charge is 0.336 e. The maximum Gasteiger partial charge on any atom is 0.336 e. The minimum absolute atomic E-state index is 0.0658. The summed E-state index contributed by atoms with van der Waals surface area (Å²) >= 11 is 0. The molecule has 0 aliphatic heterocycles. The maximum absolute atomic E-state index is 12.2. The molecule has 5 nitrogen and oxygen atoms in total.